The fraction of sp³-hybridized carbons (Fsp3) is 0.455. The topological polar surface area (TPSA) is 106 Å². The quantitative estimate of drug-likeness (QED) is 0.812. The Morgan fingerprint density at radius 3 is 2.41 bits per heavy atom. The average molecular weight is 400 g/mol. The maximum atomic E-state index is 13.4. The number of carbonyl (C=O) groups is 1. The van der Waals surface area contributed by atoms with E-state index in [-0.39, 0.29) is 23.7 Å². The van der Waals surface area contributed by atoms with E-state index in [1.807, 2.05) is 6.92 Å². The predicted octanol–water partition coefficient (Wildman–Crippen LogP) is 2.56. The van der Waals surface area contributed by atoms with Gasteiger partial charge in [-0.15, -0.1) is 0 Å². The fourth-order valence-corrected chi connectivity index (χ4v) is 4.99. The van der Waals surface area contributed by atoms with Gasteiger partial charge in [0.25, 0.3) is 0 Å². The van der Waals surface area contributed by atoms with Gasteiger partial charge in [0.2, 0.25) is 5.78 Å². The Hall–Kier alpha value is -2.80. The van der Waals surface area contributed by atoms with Gasteiger partial charge in [0.05, 0.1) is 19.8 Å². The van der Waals surface area contributed by atoms with Crippen molar-refractivity contribution in [3.05, 3.63) is 49.6 Å². The van der Waals surface area contributed by atoms with Crippen LogP contribution in [-0.2, 0) is 11.8 Å². The molecule has 2 aliphatic rings. The van der Waals surface area contributed by atoms with Crippen molar-refractivity contribution in [1.29, 1.82) is 0 Å². The zero-order valence-corrected chi connectivity index (χ0v) is 17.1. The van der Waals surface area contributed by atoms with Gasteiger partial charge in [-0.25, -0.2) is 4.79 Å². The number of methoxy groups -OCH3 is 2. The van der Waals surface area contributed by atoms with E-state index in [9.17, 15) is 19.8 Å². The van der Waals surface area contributed by atoms with Crippen molar-refractivity contribution in [2.45, 2.75) is 44.9 Å². The first-order valence-electron chi connectivity index (χ1n) is 9.56. The van der Waals surface area contributed by atoms with E-state index >= 15 is 0 Å². The number of hydrogen-bond donors (Lipinski definition) is 2. The molecule has 7 heteroatoms. The van der Waals surface area contributed by atoms with Gasteiger partial charge in [-0.1, -0.05) is 13.8 Å². The van der Waals surface area contributed by atoms with Gasteiger partial charge < -0.3 is 24.1 Å². The van der Waals surface area contributed by atoms with Crippen LogP contribution in [0, 0.1) is 6.92 Å². The molecule has 1 aromatic heterocycles. The maximum absolute atomic E-state index is 13.4. The molecule has 0 spiro atoms. The number of benzene rings is 1. The van der Waals surface area contributed by atoms with Crippen LogP contribution >= 0.6 is 0 Å². The van der Waals surface area contributed by atoms with E-state index in [4.69, 9.17) is 13.9 Å². The van der Waals surface area contributed by atoms with Crippen molar-refractivity contribution >= 4 is 5.78 Å². The standard InChI is InChI=1S/C22H24O7/c1-9(8-23)12-16(24)13-15(20(28-5)18(12)27-4)22(3)7-6-11-10(2)21(26)29-19(14(11)22)17(13)25/h9,23-24H,6-8H2,1-5H3/t9-,22+/m1/s1. The van der Waals surface area contributed by atoms with Crippen LogP contribution in [0.15, 0.2) is 9.21 Å². The van der Waals surface area contributed by atoms with Gasteiger partial charge in [-0.2, -0.15) is 0 Å². The minimum Gasteiger partial charge on any atom is -0.507 e. The first-order chi connectivity index (χ1) is 13.7. The summed E-state index contributed by atoms with van der Waals surface area (Å²) in [7, 11) is 2.94. The van der Waals surface area contributed by atoms with Crippen LogP contribution in [0.1, 0.15) is 70.1 Å². The average Bonchev–Trinajstić information content (AvgIpc) is 3.07. The fourth-order valence-electron chi connectivity index (χ4n) is 4.99. The second-order valence-electron chi connectivity index (χ2n) is 8.02. The molecule has 0 radical (unpaired) electrons. The third kappa shape index (κ3) is 2.28. The molecule has 0 saturated heterocycles. The molecule has 2 atom stereocenters. The van der Waals surface area contributed by atoms with Crippen LogP contribution in [0.2, 0.25) is 0 Å². The molecule has 29 heavy (non-hydrogen) atoms. The van der Waals surface area contributed by atoms with Gasteiger partial charge in [0.15, 0.2) is 17.3 Å². The third-order valence-electron chi connectivity index (χ3n) is 6.49. The Labute approximate surface area is 167 Å². The van der Waals surface area contributed by atoms with E-state index in [0.717, 1.165) is 5.56 Å². The minimum absolute atomic E-state index is 0.0202. The molecule has 2 aromatic rings. The first-order valence-corrected chi connectivity index (χ1v) is 9.56. The Kier molecular flexibility index (Phi) is 4.27. The van der Waals surface area contributed by atoms with Crippen LogP contribution in [0.4, 0.5) is 0 Å². The van der Waals surface area contributed by atoms with Crippen LogP contribution in [-0.4, -0.2) is 36.8 Å². The predicted molar refractivity (Wildman–Crippen MR) is 105 cm³/mol. The van der Waals surface area contributed by atoms with E-state index in [0.29, 0.717) is 46.6 Å². The number of ketones is 1. The zero-order chi connectivity index (χ0) is 21.2. The largest absolute Gasteiger partial charge is 0.507 e. The summed E-state index contributed by atoms with van der Waals surface area (Å²) in [5, 5.41) is 20.8. The lowest BCUT2D eigenvalue weighted by Gasteiger charge is -2.36. The monoisotopic (exact) mass is 400 g/mol. The second-order valence-corrected chi connectivity index (χ2v) is 8.02. The van der Waals surface area contributed by atoms with Gasteiger partial charge in [0, 0.05) is 40.2 Å². The molecule has 1 heterocycles. The molecule has 154 valence electrons. The number of phenols is 1. The number of aromatic hydroxyl groups is 1. The van der Waals surface area contributed by atoms with E-state index < -0.39 is 22.7 Å². The highest BCUT2D eigenvalue weighted by Gasteiger charge is 2.52. The highest BCUT2D eigenvalue weighted by Crippen LogP contribution is 2.59. The lowest BCUT2D eigenvalue weighted by molar-refractivity contribution is 0.0989. The number of rotatable bonds is 4. The molecule has 2 N–H and O–H groups in total. The number of phenolic OH excluding ortho intramolecular Hbond substituents is 1. The van der Waals surface area contributed by atoms with Crippen LogP contribution < -0.4 is 15.1 Å². The molecule has 0 fully saturated rings. The summed E-state index contributed by atoms with van der Waals surface area (Å²) in [5.74, 6) is -0.701. The Bertz CT molecular complexity index is 1110. The molecule has 1 aromatic carbocycles. The summed E-state index contributed by atoms with van der Waals surface area (Å²) < 4.78 is 16.7. The third-order valence-corrected chi connectivity index (χ3v) is 6.49. The molecule has 0 amide bonds. The Morgan fingerprint density at radius 1 is 1.17 bits per heavy atom. The number of aliphatic hydroxyl groups excluding tert-OH is 1. The number of carbonyl (C=O) groups excluding carboxylic acids is 1. The Morgan fingerprint density at radius 2 is 1.83 bits per heavy atom. The molecule has 0 bridgehead atoms. The summed E-state index contributed by atoms with van der Waals surface area (Å²) >= 11 is 0. The van der Waals surface area contributed by atoms with Crippen molar-refractivity contribution in [3.63, 3.8) is 0 Å². The van der Waals surface area contributed by atoms with E-state index in [1.165, 1.54) is 14.2 Å². The normalized spacial score (nSPS) is 20.3. The van der Waals surface area contributed by atoms with Crippen LogP contribution in [0.3, 0.4) is 0 Å². The van der Waals surface area contributed by atoms with Crippen LogP contribution in [0.5, 0.6) is 17.2 Å². The molecule has 7 nitrogen and oxygen atoms in total. The van der Waals surface area contributed by atoms with Crippen molar-refractivity contribution < 1.29 is 28.9 Å². The number of ether oxygens (including phenoxy) is 2. The molecule has 0 aliphatic heterocycles. The van der Waals surface area contributed by atoms with Crippen molar-refractivity contribution in [2.24, 2.45) is 0 Å². The first kappa shape index (κ1) is 19.5. The minimum atomic E-state index is -0.688. The highest BCUT2D eigenvalue weighted by atomic mass is 16.5. The van der Waals surface area contributed by atoms with Gasteiger partial charge in [-0.3, -0.25) is 4.79 Å². The summed E-state index contributed by atoms with van der Waals surface area (Å²) in [6.07, 6.45) is 1.24. The summed E-state index contributed by atoms with van der Waals surface area (Å²) in [4.78, 5) is 25.8. The van der Waals surface area contributed by atoms with Gasteiger partial charge in [-0.05, 0) is 25.3 Å². The molecule has 0 unspecified atom stereocenters. The molecule has 2 aliphatic carbocycles. The highest BCUT2D eigenvalue weighted by molar-refractivity contribution is 6.14. The zero-order valence-electron chi connectivity index (χ0n) is 17.1. The Balaban J connectivity index is 2.19. The van der Waals surface area contributed by atoms with E-state index in [2.05, 4.69) is 0 Å². The number of aliphatic hydroxyl groups is 1. The van der Waals surface area contributed by atoms with E-state index in [1.54, 1.807) is 13.8 Å². The molecular weight excluding hydrogens is 376 g/mol. The summed E-state index contributed by atoms with van der Waals surface area (Å²) in [6.45, 7) is 5.12. The number of hydrogen-bond acceptors (Lipinski definition) is 7. The second kappa shape index (κ2) is 6.35. The van der Waals surface area contributed by atoms with Crippen molar-refractivity contribution in [1.82, 2.24) is 0 Å². The van der Waals surface area contributed by atoms with Gasteiger partial charge >= 0.3 is 5.63 Å². The molecule has 4 rings (SSSR count). The van der Waals surface area contributed by atoms with Gasteiger partial charge in [0.1, 0.15) is 5.75 Å². The molecule has 0 saturated carbocycles. The SMILES string of the molecule is COc1c(OC)c2c(c(O)c1[C@H](C)CO)C(=O)c1oc(=O)c(C)c3c1[C@]2(C)CC3. The summed E-state index contributed by atoms with van der Waals surface area (Å²) in [6, 6.07) is 0. The van der Waals surface area contributed by atoms with Crippen molar-refractivity contribution in [3.8, 4) is 17.2 Å². The summed E-state index contributed by atoms with van der Waals surface area (Å²) in [5.41, 5.74) is 1.67. The maximum Gasteiger partial charge on any atom is 0.339 e. The van der Waals surface area contributed by atoms with Crippen LogP contribution in [0.25, 0.3) is 0 Å². The lowest BCUT2D eigenvalue weighted by Crippen LogP contribution is -2.33. The smallest absolute Gasteiger partial charge is 0.339 e. The lowest BCUT2D eigenvalue weighted by atomic mass is 9.68. The molecular formula is C22H24O7. The number of fused-ring (bicyclic) bond motifs is 2. The van der Waals surface area contributed by atoms with Crippen molar-refractivity contribution in [2.75, 3.05) is 20.8 Å².